The molecule has 0 saturated heterocycles. The van der Waals surface area contributed by atoms with Crippen molar-refractivity contribution in [1.29, 1.82) is 0 Å². The van der Waals surface area contributed by atoms with Gasteiger partial charge >= 0.3 is 12.0 Å². The second kappa shape index (κ2) is 8.96. The van der Waals surface area contributed by atoms with E-state index >= 15 is 0 Å². The highest BCUT2D eigenvalue weighted by Crippen LogP contribution is 2.46. The first-order valence-electron chi connectivity index (χ1n) is 11.5. The smallest absolute Gasteiger partial charge is 0.410 e. The van der Waals surface area contributed by atoms with E-state index in [-0.39, 0.29) is 24.2 Å². The lowest BCUT2D eigenvalue weighted by Gasteiger charge is -2.35. The molecule has 7 nitrogen and oxygen atoms in total. The third-order valence-electron chi connectivity index (χ3n) is 6.55. The number of aromatic nitrogens is 2. The van der Waals surface area contributed by atoms with Crippen LogP contribution in [-0.2, 0) is 23.0 Å². The molecule has 174 valence electrons. The third-order valence-corrected chi connectivity index (χ3v) is 7.90. The van der Waals surface area contributed by atoms with Crippen molar-refractivity contribution in [3.05, 3.63) is 16.8 Å². The van der Waals surface area contributed by atoms with Gasteiger partial charge in [0.2, 0.25) is 0 Å². The summed E-state index contributed by atoms with van der Waals surface area (Å²) in [7, 11) is 3.83. The topological polar surface area (TPSA) is 72.6 Å². The summed E-state index contributed by atoms with van der Waals surface area (Å²) in [5.41, 5.74) is 0.781. The third kappa shape index (κ3) is 4.60. The summed E-state index contributed by atoms with van der Waals surface area (Å²) in [4.78, 5) is 32.5. The molecule has 0 bridgehead atoms. The van der Waals surface area contributed by atoms with Crippen LogP contribution >= 0.6 is 11.3 Å². The normalized spacial score (nSPS) is 23.1. The molecule has 1 atom stereocenters. The maximum atomic E-state index is 12.4. The lowest BCUT2D eigenvalue weighted by Crippen LogP contribution is -2.43. The molecule has 2 aromatic heterocycles. The number of rotatable bonds is 5. The van der Waals surface area contributed by atoms with Crippen LogP contribution in [0.4, 0.5) is 4.79 Å². The zero-order chi connectivity index (χ0) is 23.0. The summed E-state index contributed by atoms with van der Waals surface area (Å²) in [5.74, 6) is 0.957. The Morgan fingerprint density at radius 2 is 2.00 bits per heavy atom. The molecule has 1 unspecified atom stereocenters. The predicted molar refractivity (Wildman–Crippen MR) is 123 cm³/mol. The molecule has 4 rings (SSSR count). The van der Waals surface area contributed by atoms with E-state index in [2.05, 4.69) is 9.55 Å². The summed E-state index contributed by atoms with van der Waals surface area (Å²) >= 11 is 1.80. The second-order valence-electron chi connectivity index (χ2n) is 10.1. The Balaban J connectivity index is 1.47. The average molecular weight is 461 g/mol. The second-order valence-corrected chi connectivity index (χ2v) is 11.1. The highest BCUT2D eigenvalue weighted by atomic mass is 32.1. The molecule has 2 heterocycles. The molecule has 2 aliphatic rings. The summed E-state index contributed by atoms with van der Waals surface area (Å²) in [6.45, 7) is 5.66. The lowest BCUT2D eigenvalue weighted by atomic mass is 9.92. The van der Waals surface area contributed by atoms with Crippen LogP contribution in [0.2, 0.25) is 0 Å². The van der Waals surface area contributed by atoms with Gasteiger partial charge in [0.05, 0.1) is 7.05 Å². The van der Waals surface area contributed by atoms with Crippen molar-refractivity contribution in [3.8, 4) is 5.88 Å². The first kappa shape index (κ1) is 23.0. The molecule has 0 radical (unpaired) electrons. The Morgan fingerprint density at radius 3 is 2.66 bits per heavy atom. The number of aryl methyl sites for hydroxylation is 2. The van der Waals surface area contributed by atoms with Crippen molar-refractivity contribution in [2.24, 2.45) is 7.05 Å². The Morgan fingerprint density at radius 1 is 1.28 bits per heavy atom. The van der Waals surface area contributed by atoms with Gasteiger partial charge in [0.15, 0.2) is 4.83 Å². The van der Waals surface area contributed by atoms with Crippen LogP contribution in [0, 0.1) is 0 Å². The quantitative estimate of drug-likeness (QED) is 0.491. The molecule has 8 heteroatoms. The Kier molecular flexibility index (Phi) is 6.43. The van der Waals surface area contributed by atoms with E-state index in [1.807, 2.05) is 41.2 Å². The van der Waals surface area contributed by atoms with Gasteiger partial charge in [0, 0.05) is 24.4 Å². The fourth-order valence-corrected chi connectivity index (χ4v) is 6.21. The molecule has 1 fully saturated rings. The summed E-state index contributed by atoms with van der Waals surface area (Å²) < 4.78 is 14.0. The molecule has 32 heavy (non-hydrogen) atoms. The minimum atomic E-state index is -0.491. The van der Waals surface area contributed by atoms with Crippen LogP contribution in [-0.4, -0.2) is 47.1 Å². The Labute approximate surface area is 193 Å². The largest absolute Gasteiger partial charge is 0.456 e. The van der Waals surface area contributed by atoms with Gasteiger partial charge in [0.1, 0.15) is 23.4 Å². The highest BCUT2D eigenvalue weighted by Gasteiger charge is 2.35. The van der Waals surface area contributed by atoms with Crippen molar-refractivity contribution in [3.63, 3.8) is 0 Å². The number of hydrogen-bond acceptors (Lipinski definition) is 6. The maximum absolute atomic E-state index is 12.4. The average Bonchev–Trinajstić information content (AvgIpc) is 3.30. The molecule has 1 saturated carbocycles. The molecule has 0 spiro atoms. The first-order chi connectivity index (χ1) is 15.2. The van der Waals surface area contributed by atoms with Crippen LogP contribution in [0.3, 0.4) is 0 Å². The maximum Gasteiger partial charge on any atom is 0.410 e. The molecular formula is C24H34N3O4S+. The lowest BCUT2D eigenvalue weighted by molar-refractivity contribution is -0.646. The van der Waals surface area contributed by atoms with Crippen molar-refractivity contribution >= 4 is 33.9 Å². The number of carbonyl (C=O) groups is 2. The summed E-state index contributed by atoms with van der Waals surface area (Å²) in [6, 6.07) is 0.161. The minimum absolute atomic E-state index is 0.0724. The number of aldehydes is 1. The van der Waals surface area contributed by atoms with Gasteiger partial charge < -0.3 is 19.2 Å². The summed E-state index contributed by atoms with van der Waals surface area (Å²) in [6.07, 6.45) is 8.74. The first-order valence-corrected chi connectivity index (χ1v) is 12.4. The molecule has 0 aromatic carbocycles. The fraction of sp³-hybridized carbons (Fsp3) is 0.667. The van der Waals surface area contributed by atoms with E-state index in [1.165, 1.54) is 10.4 Å². The van der Waals surface area contributed by atoms with Crippen molar-refractivity contribution in [1.82, 2.24) is 9.88 Å². The molecular weight excluding hydrogens is 426 g/mol. The number of fused-ring (bicyclic) bond motifs is 3. The molecule has 0 aliphatic heterocycles. The van der Waals surface area contributed by atoms with Crippen LogP contribution in [0.5, 0.6) is 5.88 Å². The highest BCUT2D eigenvalue weighted by molar-refractivity contribution is 7.18. The minimum Gasteiger partial charge on any atom is -0.456 e. The number of thiophene rings is 1. The SMILES string of the molecule is CN(C(=O)OC(C)(C)C)C1CCC(Oc2nc[n+](C)c3sc4c(c23)C(CC=O)CC4)CC1. The zero-order valence-electron chi connectivity index (χ0n) is 19.7. The van der Waals surface area contributed by atoms with E-state index < -0.39 is 5.60 Å². The molecule has 1 amide bonds. The van der Waals surface area contributed by atoms with Gasteiger partial charge in [0.25, 0.3) is 6.33 Å². The van der Waals surface area contributed by atoms with E-state index in [9.17, 15) is 9.59 Å². The number of amides is 1. The van der Waals surface area contributed by atoms with E-state index in [0.29, 0.717) is 12.3 Å². The fourth-order valence-electron chi connectivity index (χ4n) is 4.89. The number of carbonyl (C=O) groups excluding carboxylic acids is 2. The van der Waals surface area contributed by atoms with Gasteiger partial charge in [-0.2, -0.15) is 0 Å². The molecule has 2 aromatic rings. The van der Waals surface area contributed by atoms with Gasteiger partial charge in [-0.15, -0.1) is 0 Å². The van der Waals surface area contributed by atoms with Gasteiger partial charge in [-0.25, -0.2) is 9.36 Å². The van der Waals surface area contributed by atoms with E-state index in [1.54, 1.807) is 16.2 Å². The van der Waals surface area contributed by atoms with Crippen LogP contribution in [0.25, 0.3) is 10.2 Å². The number of nitrogens with zero attached hydrogens (tertiary/aromatic N) is 3. The standard InChI is InChI=1S/C24H34N3O4S/c1-24(2,3)31-23(29)27(5)16-7-9-17(10-8-16)30-21-20-19-15(12-13-28)6-11-18(19)32-22(20)26(4)14-25-21/h13-17H,6-12H2,1-5H3/q+1. The Bertz CT molecular complexity index is 1000. The van der Waals surface area contributed by atoms with E-state index in [0.717, 1.165) is 55.0 Å². The van der Waals surface area contributed by atoms with Crippen LogP contribution < -0.4 is 9.30 Å². The summed E-state index contributed by atoms with van der Waals surface area (Å²) in [5, 5.41) is 1.09. The van der Waals surface area contributed by atoms with Crippen molar-refractivity contribution in [2.45, 2.75) is 89.4 Å². The number of ether oxygens (including phenoxy) is 2. The predicted octanol–water partition coefficient (Wildman–Crippen LogP) is 4.30. The number of hydrogen-bond donors (Lipinski definition) is 0. The molecule has 0 N–H and O–H groups in total. The van der Waals surface area contributed by atoms with Gasteiger partial charge in [-0.05, 0) is 75.8 Å². The van der Waals surface area contributed by atoms with Crippen LogP contribution in [0.1, 0.15) is 75.7 Å². The molecule has 2 aliphatic carbocycles. The van der Waals surface area contributed by atoms with Crippen LogP contribution in [0.15, 0.2) is 6.33 Å². The van der Waals surface area contributed by atoms with Gasteiger partial charge in [-0.3, -0.25) is 0 Å². The van der Waals surface area contributed by atoms with Crippen molar-refractivity contribution in [2.75, 3.05) is 7.05 Å². The van der Waals surface area contributed by atoms with Gasteiger partial charge in [-0.1, -0.05) is 11.3 Å². The Hall–Kier alpha value is -2.22. The van der Waals surface area contributed by atoms with E-state index in [4.69, 9.17) is 9.47 Å². The van der Waals surface area contributed by atoms with Crippen molar-refractivity contribution < 1.29 is 23.6 Å². The zero-order valence-corrected chi connectivity index (χ0v) is 20.5. The monoisotopic (exact) mass is 460 g/mol.